The molecule has 4 heteroatoms. The zero-order valence-electron chi connectivity index (χ0n) is 13.7. The minimum atomic E-state index is -0.879. The molecule has 126 valence electrons. The topological polar surface area (TPSA) is 25.8 Å². The molecule has 2 aromatic rings. The molecule has 0 bridgehead atoms. The molecule has 0 unspecified atom stereocenters. The summed E-state index contributed by atoms with van der Waals surface area (Å²) in [7, 11) is 0. The third-order valence-corrected chi connectivity index (χ3v) is 4.95. The quantitative estimate of drug-likeness (QED) is 0.692. The molecule has 1 saturated carbocycles. The number of hydrogen-bond acceptors (Lipinski definition) is 2. The second-order valence-corrected chi connectivity index (χ2v) is 6.60. The third kappa shape index (κ3) is 4.05. The Morgan fingerprint density at radius 3 is 2.38 bits per heavy atom. The van der Waals surface area contributed by atoms with E-state index in [1.165, 1.54) is 31.7 Å². The molecule has 0 radical (unpaired) electrons. The van der Waals surface area contributed by atoms with Crippen LogP contribution < -0.4 is 0 Å². The molecule has 3 rings (SSSR count). The summed E-state index contributed by atoms with van der Waals surface area (Å²) in [5.74, 6) is 0.146. The lowest BCUT2D eigenvalue weighted by atomic mass is 9.80. The minimum Gasteiger partial charge on any atom is -0.236 e. The molecule has 0 amide bonds. The Kier molecular flexibility index (Phi) is 5.34. The summed E-state index contributed by atoms with van der Waals surface area (Å²) in [5, 5.41) is 0. The van der Waals surface area contributed by atoms with Crippen LogP contribution in [0.5, 0.6) is 0 Å². The molecule has 1 heterocycles. The van der Waals surface area contributed by atoms with Gasteiger partial charge in [0.1, 0.15) is 0 Å². The summed E-state index contributed by atoms with van der Waals surface area (Å²) in [4.78, 5) is 8.59. The van der Waals surface area contributed by atoms with E-state index in [4.69, 9.17) is 0 Å². The van der Waals surface area contributed by atoms with Crippen LogP contribution in [0, 0.1) is 23.5 Å². The fraction of sp³-hybridized carbons (Fsp3) is 0.400. The maximum absolute atomic E-state index is 13.3. The van der Waals surface area contributed by atoms with E-state index >= 15 is 0 Å². The van der Waals surface area contributed by atoms with Gasteiger partial charge in [0.15, 0.2) is 17.5 Å². The zero-order valence-corrected chi connectivity index (χ0v) is 13.7. The fourth-order valence-electron chi connectivity index (χ4n) is 3.35. The number of nitrogens with zero attached hydrogens (tertiary/aromatic N) is 2. The first-order valence-corrected chi connectivity index (χ1v) is 8.54. The Hall–Kier alpha value is -2.10. The van der Waals surface area contributed by atoms with E-state index in [0.29, 0.717) is 17.3 Å². The van der Waals surface area contributed by atoms with Gasteiger partial charge in [-0.15, -0.1) is 6.58 Å². The molecule has 1 aliphatic rings. The van der Waals surface area contributed by atoms with Crippen LogP contribution in [0.1, 0.15) is 37.7 Å². The third-order valence-electron chi connectivity index (χ3n) is 4.95. The van der Waals surface area contributed by atoms with Crippen molar-refractivity contribution < 1.29 is 8.78 Å². The number of rotatable bonds is 5. The zero-order chi connectivity index (χ0) is 16.9. The van der Waals surface area contributed by atoms with Gasteiger partial charge >= 0.3 is 0 Å². The van der Waals surface area contributed by atoms with Gasteiger partial charge in [-0.2, -0.15) is 0 Å². The van der Waals surface area contributed by atoms with Gasteiger partial charge in [-0.3, -0.25) is 0 Å². The van der Waals surface area contributed by atoms with Gasteiger partial charge in [-0.05, 0) is 74.1 Å². The van der Waals surface area contributed by atoms with Gasteiger partial charge in [0.05, 0.1) is 0 Å². The highest BCUT2D eigenvalue weighted by molar-refractivity contribution is 5.54. The molecule has 24 heavy (non-hydrogen) atoms. The molecule has 0 saturated heterocycles. The van der Waals surface area contributed by atoms with Crippen LogP contribution in [0.2, 0.25) is 0 Å². The minimum absolute atomic E-state index is 0.421. The monoisotopic (exact) mass is 328 g/mol. The molecule has 1 aromatic carbocycles. The maximum Gasteiger partial charge on any atom is 0.159 e. The number of halogens is 2. The van der Waals surface area contributed by atoms with Crippen LogP contribution in [0.15, 0.2) is 43.2 Å². The van der Waals surface area contributed by atoms with Crippen molar-refractivity contribution in [3.05, 3.63) is 60.4 Å². The summed E-state index contributed by atoms with van der Waals surface area (Å²) in [5.41, 5.74) is 1.58. The van der Waals surface area contributed by atoms with E-state index in [9.17, 15) is 8.78 Å². The number of aryl methyl sites for hydroxylation is 1. The molecule has 1 aromatic heterocycles. The Bertz CT molecular complexity index is 689. The molecule has 1 fully saturated rings. The lowest BCUT2D eigenvalue weighted by Gasteiger charge is -2.26. The van der Waals surface area contributed by atoms with Crippen molar-refractivity contribution in [3.63, 3.8) is 0 Å². The van der Waals surface area contributed by atoms with Crippen LogP contribution >= 0.6 is 0 Å². The van der Waals surface area contributed by atoms with Crippen LogP contribution in [0.25, 0.3) is 11.4 Å². The molecule has 0 N–H and O–H groups in total. The van der Waals surface area contributed by atoms with Crippen molar-refractivity contribution in [1.29, 1.82) is 0 Å². The maximum atomic E-state index is 13.3. The smallest absolute Gasteiger partial charge is 0.159 e. The van der Waals surface area contributed by atoms with Crippen molar-refractivity contribution in [3.8, 4) is 11.4 Å². The van der Waals surface area contributed by atoms with Gasteiger partial charge in [-0.25, -0.2) is 18.7 Å². The number of allylic oxidation sites excluding steroid dienone is 1. The summed E-state index contributed by atoms with van der Waals surface area (Å²) in [6.45, 7) is 3.89. The van der Waals surface area contributed by atoms with E-state index in [0.717, 1.165) is 36.5 Å². The number of hydrogen-bond donors (Lipinski definition) is 0. The summed E-state index contributed by atoms with van der Waals surface area (Å²) in [6.07, 6.45) is 12.8. The average molecular weight is 328 g/mol. The first-order valence-electron chi connectivity index (χ1n) is 8.54. The Balaban J connectivity index is 1.57. The predicted molar refractivity (Wildman–Crippen MR) is 91.4 cm³/mol. The summed E-state index contributed by atoms with van der Waals surface area (Å²) < 4.78 is 26.3. The number of aromatic nitrogens is 2. The van der Waals surface area contributed by atoms with E-state index in [-0.39, 0.29) is 0 Å². The first kappa shape index (κ1) is 16.7. The Morgan fingerprint density at radius 2 is 1.75 bits per heavy atom. The molecule has 1 aliphatic carbocycles. The molecule has 0 spiro atoms. The number of benzene rings is 1. The van der Waals surface area contributed by atoms with Crippen molar-refractivity contribution in [2.45, 2.75) is 38.5 Å². The largest absolute Gasteiger partial charge is 0.236 e. The van der Waals surface area contributed by atoms with Crippen LogP contribution in [0.3, 0.4) is 0 Å². The van der Waals surface area contributed by atoms with Crippen LogP contribution in [0.4, 0.5) is 8.78 Å². The lowest BCUT2D eigenvalue weighted by Crippen LogP contribution is -2.13. The fourth-order valence-corrected chi connectivity index (χ4v) is 3.35. The second-order valence-electron chi connectivity index (χ2n) is 6.60. The van der Waals surface area contributed by atoms with Gasteiger partial charge in [0, 0.05) is 18.0 Å². The van der Waals surface area contributed by atoms with Crippen LogP contribution in [-0.2, 0) is 6.42 Å². The molecule has 0 atom stereocenters. The highest BCUT2D eigenvalue weighted by Gasteiger charge is 2.19. The molecular formula is C20H22F2N2. The Morgan fingerprint density at radius 1 is 1.04 bits per heavy atom. The van der Waals surface area contributed by atoms with Gasteiger partial charge < -0.3 is 0 Å². The Labute approximate surface area is 141 Å². The summed E-state index contributed by atoms with van der Waals surface area (Å²) in [6, 6.07) is 3.72. The van der Waals surface area contributed by atoms with E-state index in [1.54, 1.807) is 12.4 Å². The predicted octanol–water partition coefficient (Wildman–Crippen LogP) is 5.35. The highest BCUT2D eigenvalue weighted by Crippen LogP contribution is 2.32. The highest BCUT2D eigenvalue weighted by atomic mass is 19.2. The first-order chi connectivity index (χ1) is 11.7. The normalized spacial score (nSPS) is 20.8. The standard InChI is InChI=1S/C20H22F2N2/c1-2-14-3-5-15(6-4-14)7-8-16-12-23-20(24-13-16)17-9-10-18(21)19(22)11-17/h2,9-15H,1,3-8H2. The van der Waals surface area contributed by atoms with Crippen LogP contribution in [-0.4, -0.2) is 9.97 Å². The second kappa shape index (κ2) is 7.65. The van der Waals surface area contributed by atoms with E-state index < -0.39 is 11.6 Å². The molecule has 0 aliphatic heterocycles. The van der Waals surface area contributed by atoms with Gasteiger partial charge in [0.25, 0.3) is 0 Å². The van der Waals surface area contributed by atoms with Gasteiger partial charge in [-0.1, -0.05) is 6.08 Å². The lowest BCUT2D eigenvalue weighted by molar-refractivity contribution is 0.296. The molecule has 2 nitrogen and oxygen atoms in total. The summed E-state index contributed by atoms with van der Waals surface area (Å²) >= 11 is 0. The average Bonchev–Trinajstić information content (AvgIpc) is 2.63. The molecular weight excluding hydrogens is 306 g/mol. The van der Waals surface area contributed by atoms with E-state index in [1.807, 2.05) is 0 Å². The van der Waals surface area contributed by atoms with Crippen molar-refractivity contribution >= 4 is 0 Å². The van der Waals surface area contributed by atoms with Crippen molar-refractivity contribution in [2.24, 2.45) is 11.8 Å². The van der Waals surface area contributed by atoms with Crippen molar-refractivity contribution in [1.82, 2.24) is 9.97 Å². The SMILES string of the molecule is C=CC1CCC(CCc2cnc(-c3ccc(F)c(F)c3)nc2)CC1. The van der Waals surface area contributed by atoms with Crippen molar-refractivity contribution in [2.75, 3.05) is 0 Å². The van der Waals surface area contributed by atoms with Gasteiger partial charge in [0.2, 0.25) is 0 Å². The van der Waals surface area contributed by atoms with E-state index in [2.05, 4.69) is 22.6 Å².